The zero-order valence-corrected chi connectivity index (χ0v) is 19.6. The van der Waals surface area contributed by atoms with Crippen molar-refractivity contribution in [2.75, 3.05) is 11.9 Å². The molecule has 9 heteroatoms. The van der Waals surface area contributed by atoms with Crippen molar-refractivity contribution < 1.29 is 18.0 Å². The minimum absolute atomic E-state index is 0.0340. The molecule has 1 heterocycles. The second-order valence-electron chi connectivity index (χ2n) is 7.80. The number of hydrogen-bond acceptors (Lipinski definition) is 4. The fourth-order valence-corrected chi connectivity index (χ4v) is 5.36. The summed E-state index contributed by atoms with van der Waals surface area (Å²) >= 11 is 5.93. The molecule has 0 saturated carbocycles. The number of rotatable bonds is 8. The van der Waals surface area contributed by atoms with Gasteiger partial charge in [0.05, 0.1) is 4.90 Å². The van der Waals surface area contributed by atoms with E-state index >= 15 is 0 Å². The minimum atomic E-state index is -3.96. The molecule has 0 bridgehead atoms. The Morgan fingerprint density at radius 3 is 2.47 bits per heavy atom. The molecule has 0 unspecified atom stereocenters. The molecule has 1 saturated heterocycles. The third-order valence-electron chi connectivity index (χ3n) is 5.33. The number of amides is 2. The van der Waals surface area contributed by atoms with Gasteiger partial charge in [0.1, 0.15) is 6.04 Å². The van der Waals surface area contributed by atoms with Crippen molar-refractivity contribution in [2.45, 2.75) is 56.5 Å². The highest BCUT2D eigenvalue weighted by atomic mass is 35.5. The van der Waals surface area contributed by atoms with Gasteiger partial charge in [-0.15, -0.1) is 0 Å². The number of benzene rings is 2. The summed E-state index contributed by atoms with van der Waals surface area (Å²) in [7, 11) is -3.96. The van der Waals surface area contributed by atoms with Crippen LogP contribution in [-0.4, -0.2) is 37.1 Å². The van der Waals surface area contributed by atoms with Crippen LogP contribution in [0.1, 0.15) is 44.6 Å². The van der Waals surface area contributed by atoms with E-state index in [0.717, 1.165) is 19.3 Å². The Hall–Kier alpha value is -2.42. The molecule has 0 aromatic heterocycles. The predicted molar refractivity (Wildman–Crippen MR) is 125 cm³/mol. The second kappa shape index (κ2) is 10.9. The van der Waals surface area contributed by atoms with Gasteiger partial charge in [-0.3, -0.25) is 9.59 Å². The predicted octanol–water partition coefficient (Wildman–Crippen LogP) is 3.94. The summed E-state index contributed by atoms with van der Waals surface area (Å²) in [6.45, 7) is 2.50. The monoisotopic (exact) mass is 477 g/mol. The van der Waals surface area contributed by atoms with Gasteiger partial charge in [-0.2, -0.15) is 4.31 Å². The molecule has 1 atom stereocenters. The average molecular weight is 478 g/mol. The van der Waals surface area contributed by atoms with Gasteiger partial charge in [0.15, 0.2) is 0 Å². The maximum atomic E-state index is 13.5. The largest absolute Gasteiger partial charge is 0.355 e. The average Bonchev–Trinajstić information content (AvgIpc) is 2.97. The van der Waals surface area contributed by atoms with E-state index in [1.807, 2.05) is 6.92 Å². The van der Waals surface area contributed by atoms with E-state index in [2.05, 4.69) is 10.6 Å². The first-order valence-electron chi connectivity index (χ1n) is 10.7. The van der Waals surface area contributed by atoms with E-state index in [9.17, 15) is 18.0 Å². The Balaban J connectivity index is 1.90. The van der Waals surface area contributed by atoms with Crippen molar-refractivity contribution in [1.82, 2.24) is 9.62 Å². The minimum Gasteiger partial charge on any atom is -0.355 e. The Labute approximate surface area is 194 Å². The van der Waals surface area contributed by atoms with Crippen molar-refractivity contribution >= 4 is 39.1 Å². The molecule has 1 aliphatic rings. The van der Waals surface area contributed by atoms with Gasteiger partial charge >= 0.3 is 0 Å². The van der Waals surface area contributed by atoms with Gasteiger partial charge in [-0.05, 0) is 67.6 Å². The number of nitrogens with one attached hydrogen (secondary N) is 2. The smallest absolute Gasteiger partial charge is 0.244 e. The lowest BCUT2D eigenvalue weighted by molar-refractivity contribution is -0.124. The van der Waals surface area contributed by atoms with E-state index in [-0.39, 0.29) is 23.3 Å². The molecule has 3 rings (SSSR count). The quantitative estimate of drug-likeness (QED) is 0.602. The van der Waals surface area contributed by atoms with Crippen molar-refractivity contribution in [2.24, 2.45) is 0 Å². The van der Waals surface area contributed by atoms with Gasteiger partial charge in [0, 0.05) is 30.2 Å². The van der Waals surface area contributed by atoms with Crippen LogP contribution in [0.2, 0.25) is 5.02 Å². The lowest BCUT2D eigenvalue weighted by atomic mass is 10.1. The molecule has 2 aromatic carbocycles. The molecule has 172 valence electrons. The summed E-state index contributed by atoms with van der Waals surface area (Å²) in [4.78, 5) is 24.6. The summed E-state index contributed by atoms with van der Waals surface area (Å²) in [6.07, 6.45) is 3.20. The number of nitrogens with zero attached hydrogens (tertiary/aromatic N) is 1. The van der Waals surface area contributed by atoms with Crippen molar-refractivity contribution in [3.8, 4) is 0 Å². The third-order valence-corrected chi connectivity index (χ3v) is 7.45. The molecule has 32 heavy (non-hydrogen) atoms. The topological polar surface area (TPSA) is 95.6 Å². The molecular formula is C23H28ClN3O4S. The van der Waals surface area contributed by atoms with Crippen LogP contribution in [0.3, 0.4) is 0 Å². The highest BCUT2D eigenvalue weighted by Crippen LogP contribution is 2.26. The molecule has 0 aliphatic carbocycles. The lowest BCUT2D eigenvalue weighted by Gasteiger charge is -2.29. The van der Waals surface area contributed by atoms with Gasteiger partial charge in [0.2, 0.25) is 21.8 Å². The summed E-state index contributed by atoms with van der Waals surface area (Å²) in [5.41, 5.74) is 1.36. The van der Waals surface area contributed by atoms with Gasteiger partial charge in [0.25, 0.3) is 0 Å². The third kappa shape index (κ3) is 6.09. The van der Waals surface area contributed by atoms with Crippen LogP contribution >= 0.6 is 11.6 Å². The molecular weight excluding hydrogens is 450 g/mol. The Bertz CT molecular complexity index is 1040. The number of halogens is 1. The van der Waals surface area contributed by atoms with Crippen LogP contribution in [0.25, 0.3) is 0 Å². The molecule has 2 N–H and O–H groups in total. The Morgan fingerprint density at radius 1 is 1.12 bits per heavy atom. The summed E-state index contributed by atoms with van der Waals surface area (Å²) in [5, 5.41) is 6.07. The summed E-state index contributed by atoms with van der Waals surface area (Å²) < 4.78 is 28.3. The standard InChI is InChI=1S/C23H28ClN3O4S/c1-2-5-22(28)26-19-11-7-17(8-12-19)16-27(21-6-3-4-15-25-23(21)29)32(30,31)20-13-9-18(24)10-14-20/h7-14,21H,2-6,15-16H2,1H3,(H,25,29)(H,26,28)/t21-/m1/s1. The molecule has 1 aliphatic heterocycles. The highest BCUT2D eigenvalue weighted by molar-refractivity contribution is 7.89. The number of carbonyl (C=O) groups is 2. The van der Waals surface area contributed by atoms with Gasteiger partial charge in [-0.1, -0.05) is 30.7 Å². The number of sulfonamides is 1. The Morgan fingerprint density at radius 2 is 1.81 bits per heavy atom. The van der Waals surface area contributed by atoms with Gasteiger partial charge in [-0.25, -0.2) is 8.42 Å². The van der Waals surface area contributed by atoms with Gasteiger partial charge < -0.3 is 10.6 Å². The van der Waals surface area contributed by atoms with Crippen LogP contribution in [0, 0.1) is 0 Å². The summed E-state index contributed by atoms with van der Waals surface area (Å²) in [6, 6.07) is 12.1. The van der Waals surface area contributed by atoms with E-state index in [0.29, 0.717) is 35.7 Å². The SMILES string of the molecule is CCCC(=O)Nc1ccc(CN([C@@H]2CCCCNC2=O)S(=O)(=O)c2ccc(Cl)cc2)cc1. The molecule has 7 nitrogen and oxygen atoms in total. The number of hydrogen-bond donors (Lipinski definition) is 2. The van der Waals surface area contributed by atoms with Crippen molar-refractivity contribution in [3.63, 3.8) is 0 Å². The maximum Gasteiger partial charge on any atom is 0.244 e. The van der Waals surface area contributed by atoms with E-state index in [1.54, 1.807) is 24.3 Å². The van der Waals surface area contributed by atoms with Crippen LogP contribution in [-0.2, 0) is 26.2 Å². The van der Waals surface area contributed by atoms with Crippen molar-refractivity contribution in [1.29, 1.82) is 0 Å². The lowest BCUT2D eigenvalue weighted by Crippen LogP contribution is -2.48. The first kappa shape index (κ1) is 24.2. The zero-order valence-electron chi connectivity index (χ0n) is 18.0. The number of carbonyl (C=O) groups excluding carboxylic acids is 2. The maximum absolute atomic E-state index is 13.5. The zero-order chi connectivity index (χ0) is 23.1. The fraction of sp³-hybridized carbons (Fsp3) is 0.391. The molecule has 0 radical (unpaired) electrons. The first-order valence-corrected chi connectivity index (χ1v) is 12.6. The van der Waals surface area contributed by atoms with Crippen LogP contribution in [0.15, 0.2) is 53.4 Å². The van der Waals surface area contributed by atoms with E-state index < -0.39 is 16.1 Å². The van der Waals surface area contributed by atoms with Crippen LogP contribution < -0.4 is 10.6 Å². The molecule has 0 spiro atoms. The molecule has 2 amide bonds. The van der Waals surface area contributed by atoms with E-state index in [4.69, 9.17) is 11.6 Å². The van der Waals surface area contributed by atoms with E-state index in [1.165, 1.54) is 28.6 Å². The number of anilines is 1. The van der Waals surface area contributed by atoms with Crippen LogP contribution in [0.5, 0.6) is 0 Å². The van der Waals surface area contributed by atoms with Crippen LogP contribution in [0.4, 0.5) is 5.69 Å². The first-order chi connectivity index (χ1) is 15.3. The normalized spacial score (nSPS) is 17.0. The second-order valence-corrected chi connectivity index (χ2v) is 10.1. The fourth-order valence-electron chi connectivity index (χ4n) is 3.63. The molecule has 2 aromatic rings. The highest BCUT2D eigenvalue weighted by Gasteiger charge is 2.36. The molecule has 1 fully saturated rings. The summed E-state index contributed by atoms with van der Waals surface area (Å²) in [5.74, 6) is -0.356. The van der Waals surface area contributed by atoms with Crippen molar-refractivity contribution in [3.05, 3.63) is 59.1 Å². The Kier molecular flexibility index (Phi) is 8.28.